The summed E-state index contributed by atoms with van der Waals surface area (Å²) in [7, 11) is 0. The highest BCUT2D eigenvalue weighted by atomic mass is 32.1. The molecule has 472 valence electrons. The monoisotopic (exact) mass is 1360 g/mol. The van der Waals surface area contributed by atoms with Gasteiger partial charge in [-0.05, 0) is 48.6 Å². The van der Waals surface area contributed by atoms with E-state index >= 15 is 5.21 Å². The number of benzene rings is 2. The number of phenols is 1. The van der Waals surface area contributed by atoms with Gasteiger partial charge in [0.05, 0.1) is 29.8 Å². The van der Waals surface area contributed by atoms with Crippen LogP contribution in [-0.4, -0.2) is 110 Å². The van der Waals surface area contributed by atoms with Gasteiger partial charge in [0.25, 0.3) is 40.9 Å². The number of nitrogens with zero attached hydrogens (tertiary/aromatic N) is 7. The van der Waals surface area contributed by atoms with Crippen LogP contribution in [0.5, 0.6) is 5.75 Å². The van der Waals surface area contributed by atoms with Crippen molar-refractivity contribution in [1.82, 2.24) is 61.8 Å². The van der Waals surface area contributed by atoms with E-state index in [1.165, 1.54) is 51.7 Å². The SMILES string of the molecule is C=C(NC(=O)C(=C)NC(=O)c1csc(-c2ccc3c([n+]2[O-])-c2csc(n2)-c2csc(n2)C(C(C)CCO)NC(=O)C(Cc2ccc(O)cc2)NC(=O)c2csc(n2)C(C(O)c2ccccc2)NC(=O)c2nc(sc2C)C(CC(N)=O)NC(=O)c2csc-3n2)n1)C(=O)O. The zero-order chi connectivity index (χ0) is 65.7. The molecular formula is C59H52N14O13S6. The van der Waals surface area contributed by atoms with Crippen molar-refractivity contribution in [3.63, 3.8) is 0 Å². The maximum Gasteiger partial charge on any atom is 0.351 e. The molecule has 1 aliphatic heterocycles. The molecule has 0 radical (unpaired) electrons. The Kier molecular flexibility index (Phi) is 19.9. The quantitative estimate of drug-likeness (QED) is 0.0329. The molecule has 6 unspecified atom stereocenters. The number of aromatic nitrogens is 7. The smallest absolute Gasteiger partial charge is 0.351 e. The highest BCUT2D eigenvalue weighted by molar-refractivity contribution is 7.15. The van der Waals surface area contributed by atoms with Gasteiger partial charge in [-0.1, -0.05) is 62.5 Å². The van der Waals surface area contributed by atoms with Crippen molar-refractivity contribution in [2.75, 3.05) is 6.61 Å². The van der Waals surface area contributed by atoms with Gasteiger partial charge in [-0.2, -0.15) is 4.73 Å². The summed E-state index contributed by atoms with van der Waals surface area (Å²) < 4.78 is 0.516. The first kappa shape index (κ1) is 65.1. The fourth-order valence-corrected chi connectivity index (χ4v) is 14.6. The zero-order valence-electron chi connectivity index (χ0n) is 48.1. The van der Waals surface area contributed by atoms with Gasteiger partial charge in [0.15, 0.2) is 5.01 Å². The van der Waals surface area contributed by atoms with Crippen molar-refractivity contribution in [1.29, 1.82) is 0 Å². The van der Waals surface area contributed by atoms with Crippen LogP contribution in [0.3, 0.4) is 0 Å². The number of hydrogen-bond acceptors (Lipinski definition) is 24. The maximum atomic E-state index is 15.0. The van der Waals surface area contributed by atoms with E-state index in [4.69, 9.17) is 20.8 Å². The van der Waals surface area contributed by atoms with Crippen LogP contribution in [-0.2, 0) is 25.6 Å². The maximum absolute atomic E-state index is 15.0. The van der Waals surface area contributed by atoms with Gasteiger partial charge in [-0.25, -0.2) is 34.7 Å². The third kappa shape index (κ3) is 14.6. The first-order valence-electron chi connectivity index (χ1n) is 27.4. The second kappa shape index (κ2) is 28.1. The number of aliphatic hydroxyl groups excluding tert-OH is 2. The molecule has 0 saturated heterocycles. The number of aromatic hydroxyl groups is 1. The number of rotatable bonds is 15. The third-order valence-electron chi connectivity index (χ3n) is 14.1. The second-order valence-corrected chi connectivity index (χ2v) is 26.1. The molecule has 10 rings (SSSR count). The normalized spacial score (nSPS) is 16.8. The number of nitrogens with two attached hydrogens (primary N) is 1. The molecule has 12 N–H and O–H groups in total. The molecule has 0 fully saturated rings. The van der Waals surface area contributed by atoms with E-state index in [0.29, 0.717) is 36.4 Å². The molecule has 0 spiro atoms. The first-order chi connectivity index (χ1) is 44.0. The molecule has 0 saturated carbocycles. The van der Waals surface area contributed by atoms with Crippen molar-refractivity contribution >= 4 is 115 Å². The molecule has 27 nitrogen and oxygen atoms in total. The third-order valence-corrected chi connectivity index (χ3v) is 19.6. The highest BCUT2D eigenvalue weighted by Crippen LogP contribution is 2.39. The minimum atomic E-state index is -1.51. The molecular weight excluding hydrogens is 1310 g/mol. The van der Waals surface area contributed by atoms with Gasteiger partial charge in [0.1, 0.15) is 88.8 Å². The number of thiazole rings is 6. The first-order valence-corrected chi connectivity index (χ1v) is 32.6. The molecule has 92 heavy (non-hydrogen) atoms. The molecule has 10 bridgehead atoms. The van der Waals surface area contributed by atoms with Gasteiger partial charge in [0.2, 0.25) is 11.8 Å². The number of carbonyl (C=O) groups excluding carboxylic acids is 7. The van der Waals surface area contributed by atoms with Crippen molar-refractivity contribution in [2.45, 2.75) is 63.4 Å². The Morgan fingerprint density at radius 1 is 0.696 bits per heavy atom. The number of pyridine rings is 1. The lowest BCUT2D eigenvalue weighted by Crippen LogP contribution is -2.49. The number of phenolic OH excluding ortho intramolecular Hbond substituents is 1. The van der Waals surface area contributed by atoms with Crippen molar-refractivity contribution < 1.29 is 63.5 Å². The number of aliphatic carboxylic acids is 1. The van der Waals surface area contributed by atoms with Crippen LogP contribution in [0.4, 0.5) is 0 Å². The molecule has 8 heterocycles. The van der Waals surface area contributed by atoms with Crippen LogP contribution in [0.2, 0.25) is 0 Å². The van der Waals surface area contributed by atoms with Crippen LogP contribution in [0.15, 0.2) is 118 Å². The topological polar surface area (TPSA) is 420 Å². The van der Waals surface area contributed by atoms with Crippen molar-refractivity contribution in [2.24, 2.45) is 11.7 Å². The Labute approximate surface area is 545 Å². The number of carboxylic acids is 1. The molecule has 1 aliphatic rings. The number of carbonyl (C=O) groups is 8. The fourth-order valence-electron chi connectivity index (χ4n) is 9.32. The van der Waals surface area contributed by atoms with Crippen LogP contribution < -0.4 is 42.4 Å². The standard InChI is InChI=1S/C59H52N14O13S6/c1-25(16-17-74)42-57-69-39(24-91-57)54-65-35(20-88-54)45-32(14-15-40(73(45)86)56-67-36(22-89-56)49(80)61-26(2)47(78)62-27(3)59(84)85)53-66-37(21-87-53)51(82)64-34(19-41(60)76)55-72-43(28(4)92-55)52(83)71-44(46(77)30-8-6-5-7-9-30)58-68-38(23-90-58)50(81)63-33(48(79)70-42)18-29-10-12-31(75)13-11-29/h5-15,20-25,33-34,42,44,46,74-75,77H,2-3,16-19H2,1,4H3,(H2,60,76)(H,61,80)(H,62,78)(H,63,81)(H,64,82)(H,70,79)(H,71,83)(H,84,85). The molecule has 7 aromatic heterocycles. The fraction of sp³-hybridized carbons (Fsp3) is 0.203. The van der Waals surface area contributed by atoms with Gasteiger partial charge in [-0.15, -0.1) is 68.0 Å². The summed E-state index contributed by atoms with van der Waals surface area (Å²) >= 11 is 6.09. The average Bonchev–Trinajstić information content (AvgIpc) is 1.56. The van der Waals surface area contributed by atoms with Gasteiger partial charge in [0, 0.05) is 50.9 Å². The number of fused-ring (bicyclic) bond motifs is 14. The average molecular weight is 1360 g/mol. The van der Waals surface area contributed by atoms with Crippen LogP contribution in [0.25, 0.3) is 43.4 Å². The minimum absolute atomic E-state index is 0.0223. The zero-order valence-corrected chi connectivity index (χ0v) is 53.0. The van der Waals surface area contributed by atoms with E-state index in [0.717, 1.165) is 56.7 Å². The van der Waals surface area contributed by atoms with Crippen molar-refractivity contribution in [3.8, 4) is 49.1 Å². The molecule has 9 aromatic rings. The van der Waals surface area contributed by atoms with E-state index in [-0.39, 0.29) is 90.6 Å². The predicted molar refractivity (Wildman–Crippen MR) is 341 cm³/mol. The predicted octanol–water partition coefficient (Wildman–Crippen LogP) is 5.78. The van der Waals surface area contributed by atoms with E-state index in [2.05, 4.69) is 59.7 Å². The molecule has 7 amide bonds. The van der Waals surface area contributed by atoms with Crippen LogP contribution in [0.1, 0.15) is 117 Å². The summed E-state index contributed by atoms with van der Waals surface area (Å²) in [6.45, 7) is 9.84. The molecule has 0 aliphatic carbocycles. The molecule has 6 atom stereocenters. The summed E-state index contributed by atoms with van der Waals surface area (Å²) in [6.07, 6.45) is -1.80. The van der Waals surface area contributed by atoms with E-state index in [1.54, 1.807) is 67.1 Å². The molecule has 2 aromatic carbocycles. The Hall–Kier alpha value is -9.87. The summed E-state index contributed by atoms with van der Waals surface area (Å²) in [5.41, 5.74) is 5.17. The van der Waals surface area contributed by atoms with Gasteiger partial charge < -0.3 is 63.3 Å². The van der Waals surface area contributed by atoms with E-state index in [9.17, 15) is 53.7 Å². The number of primary amides is 1. The second-order valence-electron chi connectivity index (χ2n) is 20.5. The summed E-state index contributed by atoms with van der Waals surface area (Å²) in [4.78, 5) is 136. The van der Waals surface area contributed by atoms with Gasteiger partial charge in [-0.3, -0.25) is 33.6 Å². The minimum Gasteiger partial charge on any atom is -0.618 e. The Balaban J connectivity index is 1.06. The Morgan fingerprint density at radius 3 is 2.03 bits per heavy atom. The number of amides is 7. The summed E-state index contributed by atoms with van der Waals surface area (Å²) in [5, 5.41) is 80.6. The lowest BCUT2D eigenvalue weighted by atomic mass is 9.97. The summed E-state index contributed by atoms with van der Waals surface area (Å²) in [6, 6.07) is 12.7. The van der Waals surface area contributed by atoms with Gasteiger partial charge >= 0.3 is 5.97 Å². The number of aryl methyl sites for hydroxylation is 1. The highest BCUT2D eigenvalue weighted by Gasteiger charge is 2.36. The Morgan fingerprint density at radius 2 is 1.33 bits per heavy atom. The largest absolute Gasteiger partial charge is 0.618 e. The number of carboxylic acid groups (broad SMARTS) is 1. The van der Waals surface area contributed by atoms with E-state index in [1.807, 2.05) is 5.32 Å². The number of aliphatic hydroxyl groups is 2. The number of nitrogens with one attached hydrogen (secondary N) is 6. The Bertz CT molecular complexity index is 4370. The number of hydrogen-bond donors (Lipinski definition) is 11. The van der Waals surface area contributed by atoms with Crippen molar-refractivity contribution in [3.05, 3.63) is 177 Å². The van der Waals surface area contributed by atoms with E-state index < -0.39 is 101 Å². The van der Waals surface area contributed by atoms with Crippen LogP contribution >= 0.6 is 68.0 Å². The lowest BCUT2D eigenvalue weighted by Gasteiger charge is -2.26. The lowest BCUT2D eigenvalue weighted by molar-refractivity contribution is -0.581. The summed E-state index contributed by atoms with van der Waals surface area (Å²) in [5.74, 6) is -7.88. The molecule has 33 heteroatoms. The van der Waals surface area contributed by atoms with Crippen LogP contribution in [0, 0.1) is 18.0 Å².